The molecule has 0 fully saturated rings. The predicted molar refractivity (Wildman–Crippen MR) is 304 cm³/mol. The highest BCUT2D eigenvalue weighted by Crippen LogP contribution is 2.47. The van der Waals surface area contributed by atoms with Crippen LogP contribution in [0.2, 0.25) is 0 Å². The average molecular weight is 1160 g/mol. The molecule has 0 bridgehead atoms. The van der Waals surface area contributed by atoms with E-state index in [4.69, 9.17) is 56.8 Å². The summed E-state index contributed by atoms with van der Waals surface area (Å²) in [5.41, 5.74) is 0. The Kier molecular flexibility index (Phi) is 26.0. The van der Waals surface area contributed by atoms with E-state index in [0.29, 0.717) is 115 Å². The second kappa shape index (κ2) is 33.0. The molecule has 0 radical (unpaired) electrons. The van der Waals surface area contributed by atoms with Gasteiger partial charge in [-0.3, -0.25) is 0 Å². The van der Waals surface area contributed by atoms with Crippen LogP contribution < -0.4 is 0 Å². The van der Waals surface area contributed by atoms with Crippen LogP contribution in [0.25, 0.3) is 58.5 Å². The predicted octanol–water partition coefficient (Wildman–Crippen LogP) is 12.6. The zero-order valence-corrected chi connectivity index (χ0v) is 48.3. The van der Waals surface area contributed by atoms with E-state index < -0.39 is 0 Å². The zero-order valence-electron chi connectivity index (χ0n) is 42.5. The lowest BCUT2D eigenvalue weighted by molar-refractivity contribution is -0.0336. The highest BCUT2D eigenvalue weighted by molar-refractivity contribution is 7.31. The van der Waals surface area contributed by atoms with Gasteiger partial charge in [-0.15, -0.1) is 79.4 Å². The van der Waals surface area contributed by atoms with Crippen molar-refractivity contribution in [3.63, 3.8) is 0 Å². The molecule has 0 spiro atoms. The standard InChI is InChI=1S/C54H64O14S7/c1-37(65-33-31-63-29-27-61-25-23-59-21-19-57-3)35-67-53(55)51-17-15-49(74-51)47-13-11-45(72-47)43-9-7-41(70-43)39-5-6-40(69-39)42-8-10-44(71-42)46-12-14-48(73-46)50-16-18-52(75-50)54(56)68-36-38(2)66-34-32-64-30-28-62-26-24-60-22-20-58-4/h5-18,37-38H,19-36H2,1-4H3/t37-,38-/m0/s1. The average Bonchev–Trinajstić information content (AvgIpc) is 4.28. The number of hydrogen-bond donors (Lipinski definition) is 0. The van der Waals surface area contributed by atoms with Crippen molar-refractivity contribution in [2.75, 3.05) is 133 Å². The SMILES string of the molecule is COCCOCCOCCOCCO[C@@H](C)COC(=O)c1ccc(-c2ccc(-c3ccc(-c4ccc(-c5ccc(-c6ccc(-c7ccc(C(=O)OC[C@H](C)OCCOCCOCCOCCOC)s7)s6)s5)s4)s3)s2)s1. The molecule has 0 aliphatic heterocycles. The van der Waals surface area contributed by atoms with Crippen LogP contribution >= 0.6 is 79.4 Å². The molecular weight excluding hydrogens is 1100 g/mol. The third-order valence-corrected chi connectivity index (χ3v) is 19.3. The van der Waals surface area contributed by atoms with Gasteiger partial charge in [-0.25, -0.2) is 9.59 Å². The molecular formula is C54H64O14S7. The van der Waals surface area contributed by atoms with Crippen LogP contribution in [0.5, 0.6) is 0 Å². The van der Waals surface area contributed by atoms with Gasteiger partial charge in [-0.05, 0) is 98.8 Å². The quantitative estimate of drug-likeness (QED) is 0.0267. The fraction of sp³-hybridized carbons (Fsp3) is 0.444. The van der Waals surface area contributed by atoms with Crippen molar-refractivity contribution in [2.45, 2.75) is 26.1 Å². The van der Waals surface area contributed by atoms with Gasteiger partial charge in [0.15, 0.2) is 0 Å². The molecule has 0 saturated heterocycles. The van der Waals surface area contributed by atoms with E-state index >= 15 is 0 Å². The summed E-state index contributed by atoms with van der Waals surface area (Å²) < 4.78 is 65.3. The van der Waals surface area contributed by atoms with E-state index in [1.165, 1.54) is 61.7 Å². The molecule has 406 valence electrons. The van der Waals surface area contributed by atoms with Crippen molar-refractivity contribution in [1.29, 1.82) is 0 Å². The number of thiophene rings is 7. The molecule has 7 heterocycles. The molecule has 75 heavy (non-hydrogen) atoms. The lowest BCUT2D eigenvalue weighted by Gasteiger charge is -2.13. The summed E-state index contributed by atoms with van der Waals surface area (Å²) >= 11 is 11.7. The molecule has 0 unspecified atom stereocenters. The number of esters is 2. The number of carbonyl (C=O) groups is 2. The number of carbonyl (C=O) groups excluding carboxylic acids is 2. The Morgan fingerprint density at radius 3 is 0.787 bits per heavy atom. The molecule has 7 aromatic rings. The van der Waals surface area contributed by atoms with E-state index in [2.05, 4.69) is 60.7 Å². The summed E-state index contributed by atoms with van der Waals surface area (Å²) in [6, 6.07) is 29.4. The summed E-state index contributed by atoms with van der Waals surface area (Å²) in [6.45, 7) is 11.9. The number of ether oxygens (including phenoxy) is 12. The third-order valence-electron chi connectivity index (χ3n) is 10.6. The Labute approximate surface area is 466 Å². The van der Waals surface area contributed by atoms with Crippen molar-refractivity contribution < 1.29 is 66.4 Å². The molecule has 0 saturated carbocycles. The van der Waals surface area contributed by atoms with Gasteiger partial charge in [0.2, 0.25) is 0 Å². The minimum atomic E-state index is -0.357. The topological polar surface area (TPSA) is 145 Å². The highest BCUT2D eigenvalue weighted by atomic mass is 32.1. The van der Waals surface area contributed by atoms with Crippen molar-refractivity contribution in [3.05, 3.63) is 94.7 Å². The summed E-state index contributed by atoms with van der Waals surface area (Å²) in [5, 5.41) is 0. The first-order valence-electron chi connectivity index (χ1n) is 24.5. The van der Waals surface area contributed by atoms with Crippen molar-refractivity contribution in [2.24, 2.45) is 0 Å². The smallest absolute Gasteiger partial charge is 0.348 e. The van der Waals surface area contributed by atoms with Gasteiger partial charge in [0.05, 0.1) is 118 Å². The number of hydrogen-bond acceptors (Lipinski definition) is 21. The van der Waals surface area contributed by atoms with Crippen LogP contribution in [0.1, 0.15) is 33.2 Å². The minimum absolute atomic E-state index is 0.155. The van der Waals surface area contributed by atoms with E-state index in [-0.39, 0.29) is 37.4 Å². The molecule has 0 aliphatic carbocycles. The summed E-state index contributed by atoms with van der Waals surface area (Å²) in [6.07, 6.45) is -0.526. The second-order valence-corrected chi connectivity index (χ2v) is 24.0. The summed E-state index contributed by atoms with van der Waals surface area (Å²) in [5.74, 6) is -0.715. The van der Waals surface area contributed by atoms with E-state index in [0.717, 1.165) is 19.5 Å². The van der Waals surface area contributed by atoms with Gasteiger partial charge in [0.25, 0.3) is 0 Å². The summed E-state index contributed by atoms with van der Waals surface area (Å²) in [4.78, 5) is 40.9. The Hall–Kier alpha value is -3.56. The van der Waals surface area contributed by atoms with Crippen LogP contribution in [-0.2, 0) is 56.8 Å². The molecule has 7 aromatic heterocycles. The monoisotopic (exact) mass is 1160 g/mol. The van der Waals surface area contributed by atoms with Gasteiger partial charge in [0.1, 0.15) is 23.0 Å². The van der Waals surface area contributed by atoms with Crippen LogP contribution in [0, 0.1) is 0 Å². The minimum Gasteiger partial charge on any atom is -0.459 e. The van der Waals surface area contributed by atoms with Gasteiger partial charge >= 0.3 is 11.9 Å². The first-order valence-corrected chi connectivity index (χ1v) is 30.2. The maximum absolute atomic E-state index is 12.9. The highest BCUT2D eigenvalue weighted by Gasteiger charge is 2.19. The first-order chi connectivity index (χ1) is 36.8. The maximum Gasteiger partial charge on any atom is 0.348 e. The van der Waals surface area contributed by atoms with E-state index in [1.54, 1.807) is 70.9 Å². The molecule has 0 aliphatic rings. The fourth-order valence-electron chi connectivity index (χ4n) is 6.78. The lowest BCUT2D eigenvalue weighted by atomic mass is 10.3. The van der Waals surface area contributed by atoms with E-state index in [1.807, 2.05) is 38.1 Å². The molecule has 0 N–H and O–H groups in total. The van der Waals surface area contributed by atoms with Crippen LogP contribution in [0.3, 0.4) is 0 Å². The zero-order chi connectivity index (χ0) is 52.5. The van der Waals surface area contributed by atoms with Gasteiger partial charge in [-0.1, -0.05) is 0 Å². The van der Waals surface area contributed by atoms with Crippen LogP contribution in [0.15, 0.2) is 84.9 Å². The molecule has 2 atom stereocenters. The third kappa shape index (κ3) is 19.7. The van der Waals surface area contributed by atoms with Crippen molar-refractivity contribution in [1.82, 2.24) is 0 Å². The van der Waals surface area contributed by atoms with Crippen LogP contribution in [-0.4, -0.2) is 157 Å². The number of methoxy groups -OCH3 is 2. The Morgan fingerprint density at radius 1 is 0.320 bits per heavy atom. The Balaban J connectivity index is 0.798. The van der Waals surface area contributed by atoms with Crippen molar-refractivity contribution in [3.8, 4) is 58.5 Å². The number of rotatable bonds is 38. The fourth-order valence-corrected chi connectivity index (χ4v) is 14.2. The van der Waals surface area contributed by atoms with E-state index in [9.17, 15) is 9.59 Å². The van der Waals surface area contributed by atoms with Crippen LogP contribution in [0.4, 0.5) is 0 Å². The van der Waals surface area contributed by atoms with Crippen molar-refractivity contribution >= 4 is 91.3 Å². The summed E-state index contributed by atoms with van der Waals surface area (Å²) in [7, 11) is 3.28. The largest absolute Gasteiger partial charge is 0.459 e. The van der Waals surface area contributed by atoms with Gasteiger partial charge in [0, 0.05) is 72.7 Å². The molecule has 14 nitrogen and oxygen atoms in total. The molecule has 21 heteroatoms. The van der Waals surface area contributed by atoms with Gasteiger partial charge < -0.3 is 56.8 Å². The maximum atomic E-state index is 12.9. The second-order valence-electron chi connectivity index (χ2n) is 16.4. The lowest BCUT2D eigenvalue weighted by Crippen LogP contribution is -2.21. The first kappa shape index (κ1) is 59.1. The molecule has 7 rings (SSSR count). The van der Waals surface area contributed by atoms with Gasteiger partial charge in [-0.2, -0.15) is 0 Å². The molecule has 0 aromatic carbocycles. The molecule has 0 amide bonds. The Morgan fingerprint density at radius 2 is 0.533 bits per heavy atom. The normalized spacial score (nSPS) is 12.4. The Bertz CT molecular complexity index is 2530.